The molecular formula is C21H25N3O2. The summed E-state index contributed by atoms with van der Waals surface area (Å²) in [5, 5.41) is 5.35. The fourth-order valence-corrected chi connectivity index (χ4v) is 3.58. The maximum absolute atomic E-state index is 12.7. The molecule has 2 aromatic rings. The van der Waals surface area contributed by atoms with Gasteiger partial charge in [-0.05, 0) is 29.2 Å². The van der Waals surface area contributed by atoms with Crippen molar-refractivity contribution in [2.75, 3.05) is 32.7 Å². The third kappa shape index (κ3) is 4.05. The zero-order valence-electron chi connectivity index (χ0n) is 15.0. The van der Waals surface area contributed by atoms with Crippen LogP contribution in [0.2, 0.25) is 0 Å². The molecule has 0 aromatic heterocycles. The first-order valence-electron chi connectivity index (χ1n) is 9.45. The number of amides is 2. The molecule has 1 saturated carbocycles. The van der Waals surface area contributed by atoms with E-state index in [0.717, 1.165) is 36.9 Å². The third-order valence-corrected chi connectivity index (χ3v) is 5.26. The summed E-state index contributed by atoms with van der Waals surface area (Å²) >= 11 is 0. The Balaban J connectivity index is 1.31. The first kappa shape index (κ1) is 17.0. The molecule has 136 valence electrons. The van der Waals surface area contributed by atoms with Crippen molar-refractivity contribution >= 4 is 22.6 Å². The van der Waals surface area contributed by atoms with Crippen LogP contribution in [0, 0.1) is 0 Å². The monoisotopic (exact) mass is 351 g/mol. The lowest BCUT2D eigenvalue weighted by atomic mass is 10.0. The number of rotatable bonds is 5. The van der Waals surface area contributed by atoms with E-state index in [1.54, 1.807) is 0 Å². The highest BCUT2D eigenvalue weighted by molar-refractivity contribution is 5.90. The summed E-state index contributed by atoms with van der Waals surface area (Å²) in [7, 11) is 0. The van der Waals surface area contributed by atoms with Crippen molar-refractivity contribution in [1.29, 1.82) is 0 Å². The fraction of sp³-hybridized carbons (Fsp3) is 0.429. The summed E-state index contributed by atoms with van der Waals surface area (Å²) in [6.07, 6.45) is 2.66. The minimum absolute atomic E-state index is 0.114. The van der Waals surface area contributed by atoms with Gasteiger partial charge in [0.25, 0.3) is 0 Å². The fourth-order valence-electron chi connectivity index (χ4n) is 3.58. The normalized spacial score (nSPS) is 18.1. The van der Waals surface area contributed by atoms with Gasteiger partial charge in [0.1, 0.15) is 0 Å². The number of nitrogens with zero attached hydrogens (tertiary/aromatic N) is 2. The highest BCUT2D eigenvalue weighted by Crippen LogP contribution is 2.20. The Morgan fingerprint density at radius 3 is 2.46 bits per heavy atom. The van der Waals surface area contributed by atoms with Gasteiger partial charge < -0.3 is 10.2 Å². The van der Waals surface area contributed by atoms with Crippen molar-refractivity contribution in [3.8, 4) is 0 Å². The van der Waals surface area contributed by atoms with Crippen LogP contribution in [0.25, 0.3) is 10.8 Å². The number of carbonyl (C=O) groups excluding carboxylic acids is 2. The van der Waals surface area contributed by atoms with Crippen LogP contribution in [-0.4, -0.2) is 60.4 Å². The lowest BCUT2D eigenvalue weighted by molar-refractivity contribution is -0.132. The van der Waals surface area contributed by atoms with Crippen LogP contribution in [0.4, 0.5) is 0 Å². The average molecular weight is 351 g/mol. The Morgan fingerprint density at radius 1 is 0.962 bits per heavy atom. The van der Waals surface area contributed by atoms with E-state index in [9.17, 15) is 9.59 Å². The summed E-state index contributed by atoms with van der Waals surface area (Å²) in [6.45, 7) is 3.36. The Labute approximate surface area is 154 Å². The molecule has 1 N–H and O–H groups in total. The molecular weight excluding hydrogens is 326 g/mol. The summed E-state index contributed by atoms with van der Waals surface area (Å²) in [5.74, 6) is 0.284. The van der Waals surface area contributed by atoms with E-state index in [-0.39, 0.29) is 11.8 Å². The quantitative estimate of drug-likeness (QED) is 0.894. The molecule has 1 aliphatic carbocycles. The molecule has 2 amide bonds. The molecule has 2 fully saturated rings. The van der Waals surface area contributed by atoms with Crippen LogP contribution < -0.4 is 5.32 Å². The number of hydrogen-bond donors (Lipinski definition) is 1. The second-order valence-electron chi connectivity index (χ2n) is 7.31. The highest BCUT2D eigenvalue weighted by Gasteiger charge is 2.26. The van der Waals surface area contributed by atoms with Crippen LogP contribution in [-0.2, 0) is 16.0 Å². The minimum atomic E-state index is 0.114. The lowest BCUT2D eigenvalue weighted by Gasteiger charge is -2.34. The molecule has 2 aromatic carbocycles. The highest BCUT2D eigenvalue weighted by atomic mass is 16.2. The van der Waals surface area contributed by atoms with Crippen LogP contribution in [0.5, 0.6) is 0 Å². The van der Waals surface area contributed by atoms with E-state index in [2.05, 4.69) is 28.4 Å². The third-order valence-electron chi connectivity index (χ3n) is 5.26. The van der Waals surface area contributed by atoms with Gasteiger partial charge in [-0.25, -0.2) is 0 Å². The van der Waals surface area contributed by atoms with Gasteiger partial charge in [0, 0.05) is 32.2 Å². The molecule has 0 radical (unpaired) electrons. The molecule has 2 aliphatic rings. The summed E-state index contributed by atoms with van der Waals surface area (Å²) in [6, 6.07) is 14.7. The predicted octanol–water partition coefficient (Wildman–Crippen LogP) is 1.81. The maximum Gasteiger partial charge on any atom is 0.234 e. The second kappa shape index (κ2) is 7.46. The topological polar surface area (TPSA) is 52.7 Å². The number of piperazine rings is 1. The van der Waals surface area contributed by atoms with E-state index in [0.29, 0.717) is 32.1 Å². The average Bonchev–Trinajstić information content (AvgIpc) is 3.46. The number of nitrogens with one attached hydrogen (secondary N) is 1. The smallest absolute Gasteiger partial charge is 0.234 e. The molecule has 5 nitrogen and oxygen atoms in total. The molecule has 4 rings (SSSR count). The van der Waals surface area contributed by atoms with Gasteiger partial charge >= 0.3 is 0 Å². The van der Waals surface area contributed by atoms with Crippen molar-refractivity contribution in [3.63, 3.8) is 0 Å². The van der Waals surface area contributed by atoms with Gasteiger partial charge in [-0.15, -0.1) is 0 Å². The number of benzene rings is 2. The van der Waals surface area contributed by atoms with Crippen LogP contribution in [0.15, 0.2) is 42.5 Å². The number of hydrogen-bond acceptors (Lipinski definition) is 3. The summed E-state index contributed by atoms with van der Waals surface area (Å²) in [4.78, 5) is 28.7. The van der Waals surface area contributed by atoms with Crippen molar-refractivity contribution < 1.29 is 9.59 Å². The molecule has 0 bridgehead atoms. The number of carbonyl (C=O) groups is 2. The molecule has 26 heavy (non-hydrogen) atoms. The van der Waals surface area contributed by atoms with Gasteiger partial charge in [-0.3, -0.25) is 14.5 Å². The molecule has 1 aliphatic heterocycles. The second-order valence-corrected chi connectivity index (χ2v) is 7.31. The Bertz CT molecular complexity index is 803. The van der Waals surface area contributed by atoms with E-state index in [1.165, 1.54) is 5.39 Å². The van der Waals surface area contributed by atoms with Crippen molar-refractivity contribution in [2.24, 2.45) is 0 Å². The van der Waals surface area contributed by atoms with E-state index in [4.69, 9.17) is 0 Å². The van der Waals surface area contributed by atoms with Crippen molar-refractivity contribution in [1.82, 2.24) is 15.1 Å². The van der Waals surface area contributed by atoms with Gasteiger partial charge in [-0.1, -0.05) is 42.5 Å². The molecule has 1 saturated heterocycles. The van der Waals surface area contributed by atoms with Crippen LogP contribution in [0.3, 0.4) is 0 Å². The standard InChI is InChI=1S/C21H25N3O2/c25-20(22-18-8-9-18)15-23-10-12-24(13-11-23)21(26)14-17-6-3-5-16-4-1-2-7-19(16)17/h1-7,18H,8-15H2,(H,22,25). The largest absolute Gasteiger partial charge is 0.352 e. The lowest BCUT2D eigenvalue weighted by Crippen LogP contribution is -2.51. The predicted molar refractivity (Wildman–Crippen MR) is 102 cm³/mol. The molecule has 0 unspecified atom stereocenters. The van der Waals surface area contributed by atoms with Gasteiger partial charge in [-0.2, -0.15) is 0 Å². The van der Waals surface area contributed by atoms with Gasteiger partial charge in [0.05, 0.1) is 13.0 Å². The molecule has 5 heteroatoms. The van der Waals surface area contributed by atoms with E-state index >= 15 is 0 Å². The molecule has 0 spiro atoms. The Morgan fingerprint density at radius 2 is 1.69 bits per heavy atom. The van der Waals surface area contributed by atoms with Gasteiger partial charge in [0.15, 0.2) is 0 Å². The Hall–Kier alpha value is -2.40. The van der Waals surface area contributed by atoms with E-state index < -0.39 is 0 Å². The first-order chi connectivity index (χ1) is 12.7. The summed E-state index contributed by atoms with van der Waals surface area (Å²) in [5.41, 5.74) is 1.08. The minimum Gasteiger partial charge on any atom is -0.352 e. The van der Waals surface area contributed by atoms with Crippen molar-refractivity contribution in [3.05, 3.63) is 48.0 Å². The Kier molecular flexibility index (Phi) is 4.89. The van der Waals surface area contributed by atoms with Crippen LogP contribution >= 0.6 is 0 Å². The van der Waals surface area contributed by atoms with Crippen LogP contribution in [0.1, 0.15) is 18.4 Å². The zero-order chi connectivity index (χ0) is 17.9. The molecule has 1 heterocycles. The van der Waals surface area contributed by atoms with Crippen molar-refractivity contribution in [2.45, 2.75) is 25.3 Å². The number of fused-ring (bicyclic) bond motifs is 1. The maximum atomic E-state index is 12.7. The summed E-state index contributed by atoms with van der Waals surface area (Å²) < 4.78 is 0. The SMILES string of the molecule is O=C(CN1CCN(C(=O)Cc2cccc3ccccc23)CC1)NC1CC1. The molecule has 0 atom stereocenters. The van der Waals surface area contributed by atoms with E-state index in [1.807, 2.05) is 29.2 Å². The zero-order valence-corrected chi connectivity index (χ0v) is 15.0. The van der Waals surface area contributed by atoms with Gasteiger partial charge in [0.2, 0.25) is 11.8 Å². The first-order valence-corrected chi connectivity index (χ1v) is 9.45.